The van der Waals surface area contributed by atoms with Crippen LogP contribution >= 0.6 is 23.2 Å². The normalized spacial score (nSPS) is 17.7. The molecule has 64 valence electrons. The van der Waals surface area contributed by atoms with E-state index in [4.69, 9.17) is 28.3 Å². The third kappa shape index (κ3) is 2.08. The van der Waals surface area contributed by atoms with E-state index in [9.17, 15) is 14.7 Å². The molecule has 0 heterocycles. The van der Waals surface area contributed by atoms with E-state index in [0.29, 0.717) is 0 Å². The topological polar surface area (TPSA) is 77.4 Å². The maximum atomic E-state index is 10.8. The van der Waals surface area contributed by atoms with Crippen LogP contribution in [-0.4, -0.2) is 16.7 Å². The minimum atomic E-state index is -1.19. The smallest absolute Gasteiger partial charge is 0.869 e. The Morgan fingerprint density at radius 1 is 1.08 bits per heavy atom. The first-order valence-electron chi connectivity index (χ1n) is 2.71. The van der Waals surface area contributed by atoms with Crippen LogP contribution < -0.4 is 34.7 Å². The summed E-state index contributed by atoms with van der Waals surface area (Å²) in [6.45, 7) is 0. The standard InChI is InChI=1S/C6H2Cl2O4.Na/c7-1-3(9)5(11)2(8)6(12)4(1)10;/h9,11H;/q;+1/p-1. The summed E-state index contributed by atoms with van der Waals surface area (Å²) >= 11 is 10.3. The van der Waals surface area contributed by atoms with Crippen molar-refractivity contribution in [1.82, 2.24) is 0 Å². The Kier molecular flexibility index (Phi) is 4.48. The van der Waals surface area contributed by atoms with Gasteiger partial charge >= 0.3 is 29.6 Å². The molecular formula is C6HCl2NaO4. The number of aliphatic hydroxyl groups is 1. The summed E-state index contributed by atoms with van der Waals surface area (Å²) in [7, 11) is 0. The van der Waals surface area contributed by atoms with Crippen molar-refractivity contribution in [2.24, 2.45) is 0 Å². The van der Waals surface area contributed by atoms with Crippen LogP contribution in [0.2, 0.25) is 0 Å². The van der Waals surface area contributed by atoms with Gasteiger partial charge in [-0.2, -0.15) is 0 Å². The summed E-state index contributed by atoms with van der Waals surface area (Å²) in [5.74, 6) is -4.46. The average molecular weight is 231 g/mol. The number of carbonyl (C=O) groups is 2. The number of hydrogen-bond donors (Lipinski definition) is 1. The van der Waals surface area contributed by atoms with Gasteiger partial charge in [-0.3, -0.25) is 9.59 Å². The van der Waals surface area contributed by atoms with Crippen LogP contribution in [0.25, 0.3) is 0 Å². The molecule has 13 heavy (non-hydrogen) atoms. The van der Waals surface area contributed by atoms with Crippen molar-refractivity contribution in [3.63, 3.8) is 0 Å². The Balaban J connectivity index is 0.00000144. The van der Waals surface area contributed by atoms with Crippen molar-refractivity contribution in [3.05, 3.63) is 21.6 Å². The van der Waals surface area contributed by atoms with E-state index < -0.39 is 33.1 Å². The van der Waals surface area contributed by atoms with Gasteiger partial charge in [0.1, 0.15) is 10.8 Å². The first kappa shape index (κ1) is 13.0. The zero-order valence-electron chi connectivity index (χ0n) is 6.43. The number of ketones is 2. The van der Waals surface area contributed by atoms with E-state index >= 15 is 0 Å². The van der Waals surface area contributed by atoms with E-state index in [1.807, 2.05) is 0 Å². The molecule has 0 aliphatic heterocycles. The van der Waals surface area contributed by atoms with E-state index in [-0.39, 0.29) is 29.6 Å². The molecule has 0 unspecified atom stereocenters. The Labute approximate surface area is 105 Å². The fourth-order valence-electron chi connectivity index (χ4n) is 0.614. The van der Waals surface area contributed by atoms with Crippen LogP contribution in [0.3, 0.4) is 0 Å². The number of halogens is 2. The molecule has 1 aliphatic carbocycles. The number of carbonyl (C=O) groups excluding carboxylic acids is 2. The molecule has 1 N–H and O–H groups in total. The Hall–Kier alpha value is 0. The van der Waals surface area contributed by atoms with E-state index in [1.54, 1.807) is 0 Å². The van der Waals surface area contributed by atoms with Gasteiger partial charge in [-0.1, -0.05) is 23.2 Å². The number of Topliss-reactive ketones (excluding diaryl/α,β-unsaturated/α-hetero) is 2. The fourth-order valence-corrected chi connectivity index (χ4v) is 0.961. The largest absolute Gasteiger partial charge is 1.00 e. The Morgan fingerprint density at radius 3 is 1.92 bits per heavy atom. The molecule has 0 bridgehead atoms. The Bertz CT molecular complexity index is 295. The van der Waals surface area contributed by atoms with Crippen LogP contribution in [0.15, 0.2) is 21.6 Å². The quantitative estimate of drug-likeness (QED) is 0.273. The van der Waals surface area contributed by atoms with Gasteiger partial charge in [0.2, 0.25) is 11.6 Å². The molecule has 0 fully saturated rings. The molecule has 7 heteroatoms. The number of allylic oxidation sites excluding steroid dienone is 2. The summed E-state index contributed by atoms with van der Waals surface area (Å²) in [5, 5.41) is 18.0. The van der Waals surface area contributed by atoms with E-state index in [0.717, 1.165) is 0 Å². The molecule has 0 amide bonds. The average Bonchev–Trinajstić information content (AvgIpc) is 2.08. The van der Waals surface area contributed by atoms with Crippen LogP contribution in [0.4, 0.5) is 0 Å². The molecule has 0 spiro atoms. The van der Waals surface area contributed by atoms with Crippen molar-refractivity contribution in [3.8, 4) is 0 Å². The van der Waals surface area contributed by atoms with Gasteiger partial charge < -0.3 is 10.2 Å². The third-order valence-electron chi connectivity index (χ3n) is 1.23. The van der Waals surface area contributed by atoms with Crippen LogP contribution in [0, 0.1) is 0 Å². The van der Waals surface area contributed by atoms with Gasteiger partial charge in [0, 0.05) is 0 Å². The minimum absolute atomic E-state index is 0. The van der Waals surface area contributed by atoms with Gasteiger partial charge in [-0.05, 0) is 5.76 Å². The van der Waals surface area contributed by atoms with Gasteiger partial charge in [0.25, 0.3) is 0 Å². The molecule has 0 saturated carbocycles. The molecule has 0 aromatic rings. The fraction of sp³-hybridized carbons (Fsp3) is 0. The number of aliphatic hydroxyl groups excluding tert-OH is 1. The summed E-state index contributed by atoms with van der Waals surface area (Å²) in [6.07, 6.45) is 0. The van der Waals surface area contributed by atoms with E-state index in [1.165, 1.54) is 0 Å². The van der Waals surface area contributed by atoms with Gasteiger partial charge in [-0.15, -0.1) is 0 Å². The van der Waals surface area contributed by atoms with Gasteiger partial charge in [0.05, 0.1) is 5.03 Å². The summed E-state index contributed by atoms with van der Waals surface area (Å²) < 4.78 is 0. The second-order valence-electron chi connectivity index (χ2n) is 1.96. The molecule has 0 radical (unpaired) electrons. The first-order valence-corrected chi connectivity index (χ1v) is 3.47. The maximum Gasteiger partial charge on any atom is 1.00 e. The second kappa shape index (κ2) is 4.48. The summed E-state index contributed by atoms with van der Waals surface area (Å²) in [4.78, 5) is 21.5. The zero-order chi connectivity index (χ0) is 9.46. The molecule has 0 aromatic carbocycles. The van der Waals surface area contributed by atoms with Crippen LogP contribution in [0.1, 0.15) is 0 Å². The molecule has 0 saturated heterocycles. The van der Waals surface area contributed by atoms with Crippen LogP contribution in [0.5, 0.6) is 0 Å². The molecule has 0 atom stereocenters. The van der Waals surface area contributed by atoms with Gasteiger partial charge in [0.15, 0.2) is 0 Å². The molecule has 4 nitrogen and oxygen atoms in total. The first-order chi connectivity index (χ1) is 5.46. The minimum Gasteiger partial charge on any atom is -0.869 e. The van der Waals surface area contributed by atoms with E-state index in [2.05, 4.69) is 0 Å². The van der Waals surface area contributed by atoms with Crippen molar-refractivity contribution in [1.29, 1.82) is 0 Å². The zero-order valence-corrected chi connectivity index (χ0v) is 9.94. The number of rotatable bonds is 0. The van der Waals surface area contributed by atoms with Crippen molar-refractivity contribution < 1.29 is 49.4 Å². The predicted octanol–water partition coefficient (Wildman–Crippen LogP) is -3.04. The maximum absolute atomic E-state index is 10.8. The molecule has 1 aliphatic rings. The monoisotopic (exact) mass is 230 g/mol. The molecule has 1 rings (SSSR count). The summed E-state index contributed by atoms with van der Waals surface area (Å²) in [6, 6.07) is 0. The molecule has 0 aromatic heterocycles. The predicted molar refractivity (Wildman–Crippen MR) is 38.4 cm³/mol. The number of hydrogen-bond acceptors (Lipinski definition) is 4. The van der Waals surface area contributed by atoms with Gasteiger partial charge in [-0.25, -0.2) is 0 Å². The van der Waals surface area contributed by atoms with Crippen molar-refractivity contribution in [2.45, 2.75) is 0 Å². The van der Waals surface area contributed by atoms with Crippen molar-refractivity contribution in [2.75, 3.05) is 0 Å². The van der Waals surface area contributed by atoms with Crippen molar-refractivity contribution >= 4 is 34.8 Å². The van der Waals surface area contributed by atoms with Crippen LogP contribution in [-0.2, 0) is 9.59 Å². The summed E-state index contributed by atoms with van der Waals surface area (Å²) in [5.41, 5.74) is 0. The molecular weight excluding hydrogens is 230 g/mol. The SMILES string of the molecule is O=C1C(=O)C(Cl)=C(O)C([O-])=C1Cl.[Na+]. The Morgan fingerprint density at radius 2 is 1.46 bits per heavy atom. The third-order valence-corrected chi connectivity index (χ3v) is 1.92. The second-order valence-corrected chi connectivity index (χ2v) is 2.72.